The first-order valence-corrected chi connectivity index (χ1v) is 20.2. The lowest BCUT2D eigenvalue weighted by molar-refractivity contribution is -0.130. The Bertz CT molecular complexity index is 2030. The topological polar surface area (TPSA) is 177 Å². The Balaban J connectivity index is 1.41. The van der Waals surface area contributed by atoms with Gasteiger partial charge in [0.05, 0.1) is 24.4 Å². The normalized spacial score (nSPS) is 15.8. The average Bonchev–Trinajstić information content (AvgIpc) is 3.51. The van der Waals surface area contributed by atoms with Crippen molar-refractivity contribution in [2.24, 2.45) is 10.8 Å². The van der Waals surface area contributed by atoms with Crippen LogP contribution in [0.1, 0.15) is 70.5 Å². The summed E-state index contributed by atoms with van der Waals surface area (Å²) >= 11 is 0. The van der Waals surface area contributed by atoms with Gasteiger partial charge in [0.1, 0.15) is 12.1 Å². The minimum Gasteiger partial charge on any atom is -0.465 e. The van der Waals surface area contributed by atoms with E-state index in [1.165, 1.54) is 0 Å². The number of carboxylic acid groups (broad SMARTS) is 1. The second-order valence-corrected chi connectivity index (χ2v) is 17.6. The maximum absolute atomic E-state index is 14.5. The van der Waals surface area contributed by atoms with E-state index < -0.39 is 53.1 Å². The molecular formula is C46H59N7O6. The number of aliphatic hydroxyl groups excluding tert-OH is 1. The van der Waals surface area contributed by atoms with Crippen LogP contribution in [0.25, 0.3) is 11.1 Å². The summed E-state index contributed by atoms with van der Waals surface area (Å²) in [4.78, 5) is 66.1. The van der Waals surface area contributed by atoms with Gasteiger partial charge in [0, 0.05) is 37.2 Å². The molecular weight excluding hydrogens is 747 g/mol. The van der Waals surface area contributed by atoms with E-state index in [1.807, 2.05) is 113 Å². The first kappa shape index (κ1) is 44.3. The fourth-order valence-electron chi connectivity index (χ4n) is 7.68. The molecule has 1 aliphatic heterocycles. The van der Waals surface area contributed by atoms with Gasteiger partial charge in [-0.3, -0.25) is 19.6 Å². The SMILES string of the molecule is Cc1cccc(CN2CCN([C@H](C(=O)N[C@@H](Cc3ccccc3)C[C@@H](O)[C@H](Cc3ccc(-c4ccncc4)cc3)NC(=O)[C@@H](NC(=O)O)C(C)(C)C)C(C)(C)C)C2=O)n1. The molecule has 59 heavy (non-hydrogen) atoms. The summed E-state index contributed by atoms with van der Waals surface area (Å²) in [7, 11) is 0. The smallest absolute Gasteiger partial charge is 0.405 e. The molecule has 0 bridgehead atoms. The summed E-state index contributed by atoms with van der Waals surface area (Å²) in [6.45, 7) is 14.1. The van der Waals surface area contributed by atoms with E-state index >= 15 is 0 Å². The number of carbonyl (C=O) groups excluding carboxylic acids is 3. The molecule has 1 aliphatic rings. The summed E-state index contributed by atoms with van der Waals surface area (Å²) in [6.07, 6.45) is 1.55. The fraction of sp³-hybridized carbons (Fsp3) is 0.435. The highest BCUT2D eigenvalue weighted by atomic mass is 16.4. The molecule has 0 radical (unpaired) electrons. The van der Waals surface area contributed by atoms with E-state index in [0.717, 1.165) is 33.6 Å². The lowest BCUT2D eigenvalue weighted by Crippen LogP contribution is -2.59. The second kappa shape index (κ2) is 19.3. The van der Waals surface area contributed by atoms with Crippen molar-refractivity contribution in [2.75, 3.05) is 13.1 Å². The van der Waals surface area contributed by atoms with Crippen molar-refractivity contribution >= 4 is 23.9 Å². The molecule has 2 aromatic heterocycles. The van der Waals surface area contributed by atoms with Crippen molar-refractivity contribution in [3.05, 3.63) is 120 Å². The molecule has 0 spiro atoms. The molecule has 0 saturated carbocycles. The zero-order chi connectivity index (χ0) is 42.9. The zero-order valence-corrected chi connectivity index (χ0v) is 35.2. The number of amides is 5. The van der Waals surface area contributed by atoms with Gasteiger partial charge in [-0.05, 0) is 83.5 Å². The van der Waals surface area contributed by atoms with Gasteiger partial charge in [-0.1, -0.05) is 102 Å². The number of aromatic nitrogens is 2. The van der Waals surface area contributed by atoms with Crippen LogP contribution in [0.3, 0.4) is 0 Å². The predicted octanol–water partition coefficient (Wildman–Crippen LogP) is 5.99. The van der Waals surface area contributed by atoms with Crippen LogP contribution in [-0.4, -0.2) is 97.3 Å². The maximum atomic E-state index is 14.5. The zero-order valence-electron chi connectivity index (χ0n) is 35.2. The number of pyridine rings is 2. The Morgan fingerprint density at radius 3 is 2.00 bits per heavy atom. The lowest BCUT2D eigenvalue weighted by atomic mass is 9.84. The number of carbonyl (C=O) groups is 4. The molecule has 1 fully saturated rings. The van der Waals surface area contributed by atoms with Crippen LogP contribution in [0.4, 0.5) is 9.59 Å². The molecule has 1 saturated heterocycles. The Morgan fingerprint density at radius 2 is 1.39 bits per heavy atom. The summed E-state index contributed by atoms with van der Waals surface area (Å²) in [5, 5.41) is 30.3. The van der Waals surface area contributed by atoms with E-state index in [-0.39, 0.29) is 24.8 Å². The highest BCUT2D eigenvalue weighted by Crippen LogP contribution is 2.29. The van der Waals surface area contributed by atoms with Gasteiger partial charge >= 0.3 is 12.1 Å². The van der Waals surface area contributed by atoms with Crippen LogP contribution < -0.4 is 16.0 Å². The Morgan fingerprint density at radius 1 is 0.746 bits per heavy atom. The minimum atomic E-state index is -1.34. The second-order valence-electron chi connectivity index (χ2n) is 17.6. The Hall–Kier alpha value is -5.82. The molecule has 4 aromatic rings. The third-order valence-electron chi connectivity index (χ3n) is 10.6. The summed E-state index contributed by atoms with van der Waals surface area (Å²) in [6, 6.07) is 23.2. The van der Waals surface area contributed by atoms with Crippen molar-refractivity contribution in [3.8, 4) is 11.1 Å². The fourth-order valence-corrected chi connectivity index (χ4v) is 7.68. The van der Waals surface area contributed by atoms with E-state index in [9.17, 15) is 29.4 Å². The molecule has 2 aromatic carbocycles. The van der Waals surface area contributed by atoms with Crippen LogP contribution in [0, 0.1) is 17.8 Å². The molecule has 314 valence electrons. The minimum absolute atomic E-state index is 0.0448. The van der Waals surface area contributed by atoms with Gasteiger partial charge in [0.25, 0.3) is 0 Å². The number of benzene rings is 2. The van der Waals surface area contributed by atoms with Crippen molar-refractivity contribution in [2.45, 2.75) is 105 Å². The summed E-state index contributed by atoms with van der Waals surface area (Å²) < 4.78 is 0. The van der Waals surface area contributed by atoms with Gasteiger partial charge in [-0.2, -0.15) is 0 Å². The van der Waals surface area contributed by atoms with Gasteiger partial charge in [0.15, 0.2) is 0 Å². The molecule has 0 unspecified atom stereocenters. The first-order chi connectivity index (χ1) is 27.9. The molecule has 3 heterocycles. The van der Waals surface area contributed by atoms with Crippen LogP contribution in [0.2, 0.25) is 0 Å². The third kappa shape index (κ3) is 12.3. The highest BCUT2D eigenvalue weighted by Gasteiger charge is 2.44. The number of hydrogen-bond acceptors (Lipinski definition) is 7. The van der Waals surface area contributed by atoms with E-state index in [4.69, 9.17) is 0 Å². The molecule has 13 heteroatoms. The number of rotatable bonds is 16. The van der Waals surface area contributed by atoms with Crippen LogP contribution in [0.5, 0.6) is 0 Å². The van der Waals surface area contributed by atoms with Crippen molar-refractivity contribution in [3.63, 3.8) is 0 Å². The number of urea groups is 1. The first-order valence-electron chi connectivity index (χ1n) is 20.2. The van der Waals surface area contributed by atoms with Crippen LogP contribution in [0.15, 0.2) is 97.3 Å². The average molecular weight is 806 g/mol. The molecule has 5 atom stereocenters. The van der Waals surface area contributed by atoms with Crippen molar-refractivity contribution in [1.29, 1.82) is 0 Å². The van der Waals surface area contributed by atoms with Crippen LogP contribution >= 0.6 is 0 Å². The molecule has 13 nitrogen and oxygen atoms in total. The highest BCUT2D eigenvalue weighted by molar-refractivity contribution is 5.89. The molecule has 5 N–H and O–H groups in total. The van der Waals surface area contributed by atoms with Gasteiger partial charge in [-0.15, -0.1) is 0 Å². The monoisotopic (exact) mass is 805 g/mol. The molecule has 5 rings (SSSR count). The number of aryl methyl sites for hydroxylation is 1. The molecule has 5 amide bonds. The maximum Gasteiger partial charge on any atom is 0.405 e. The number of hydrogen-bond donors (Lipinski definition) is 5. The number of nitrogens with zero attached hydrogens (tertiary/aromatic N) is 4. The Kier molecular flexibility index (Phi) is 14.5. The Labute approximate surface area is 347 Å². The third-order valence-corrected chi connectivity index (χ3v) is 10.6. The quantitative estimate of drug-likeness (QED) is 0.0917. The molecule has 0 aliphatic carbocycles. The largest absolute Gasteiger partial charge is 0.465 e. The predicted molar refractivity (Wildman–Crippen MR) is 227 cm³/mol. The van der Waals surface area contributed by atoms with E-state index in [1.54, 1.807) is 43.0 Å². The lowest BCUT2D eigenvalue weighted by Gasteiger charge is -2.38. The number of aliphatic hydroxyl groups is 1. The van der Waals surface area contributed by atoms with E-state index in [0.29, 0.717) is 26.1 Å². The van der Waals surface area contributed by atoms with Crippen LogP contribution in [-0.2, 0) is 29.0 Å². The summed E-state index contributed by atoms with van der Waals surface area (Å²) in [5.74, 6) is -0.924. The van der Waals surface area contributed by atoms with E-state index in [2.05, 4.69) is 25.9 Å². The van der Waals surface area contributed by atoms with Gasteiger partial charge in [0.2, 0.25) is 11.8 Å². The van der Waals surface area contributed by atoms with Gasteiger partial charge in [-0.25, -0.2) is 9.59 Å². The summed E-state index contributed by atoms with van der Waals surface area (Å²) in [5.41, 5.74) is 3.92. The van der Waals surface area contributed by atoms with Crippen molar-refractivity contribution in [1.82, 2.24) is 35.7 Å². The number of nitrogens with one attached hydrogen (secondary N) is 3. The van der Waals surface area contributed by atoms with Crippen molar-refractivity contribution < 1.29 is 29.4 Å². The van der Waals surface area contributed by atoms with Gasteiger partial charge < -0.3 is 36.0 Å². The standard InChI is InChI=1S/C46H59N7O6/c1-30-12-11-15-35(48-30)29-52-24-25-53(44(52)59)40(46(5,6)7)42(56)49-36(26-31-13-9-8-10-14-31)28-38(54)37(50-41(55)39(45(2,3)4)51-43(57)58)27-32-16-18-33(19-17-32)34-20-22-47-23-21-34/h8-23,36-40,51,54H,24-29H2,1-7H3,(H,49,56)(H,50,55)(H,57,58)/t36-,37-,38+,39+,40+/m0/s1.